The van der Waals surface area contributed by atoms with Gasteiger partial charge in [-0.25, -0.2) is 0 Å². The van der Waals surface area contributed by atoms with E-state index in [9.17, 15) is 5.11 Å². The minimum absolute atomic E-state index is 0.0964. The number of hydrogen-bond donors (Lipinski definition) is 2. The molecule has 0 saturated carbocycles. The smallest absolute Gasteiger partial charge is 0.0699 e. The van der Waals surface area contributed by atoms with Crippen LogP contribution >= 0.6 is 0 Å². The maximum Gasteiger partial charge on any atom is 0.0699 e. The van der Waals surface area contributed by atoms with Gasteiger partial charge in [0.1, 0.15) is 0 Å². The summed E-state index contributed by atoms with van der Waals surface area (Å²) in [5.41, 5.74) is -0.0964. The monoisotopic (exact) mass is 215 g/mol. The van der Waals surface area contributed by atoms with Crippen LogP contribution in [0.15, 0.2) is 0 Å². The Morgan fingerprint density at radius 1 is 1.33 bits per heavy atom. The topological polar surface area (TPSA) is 41.5 Å². The van der Waals surface area contributed by atoms with Crippen molar-refractivity contribution in [1.29, 1.82) is 0 Å². The molecule has 0 radical (unpaired) electrons. The lowest BCUT2D eigenvalue weighted by Gasteiger charge is -2.33. The average molecular weight is 215 g/mol. The van der Waals surface area contributed by atoms with Crippen LogP contribution in [-0.4, -0.2) is 36.5 Å². The Labute approximate surface area is 93.2 Å². The highest BCUT2D eigenvalue weighted by Crippen LogP contribution is 2.17. The summed E-state index contributed by atoms with van der Waals surface area (Å²) in [6, 6.07) is 0. The van der Waals surface area contributed by atoms with E-state index in [1.165, 1.54) is 12.8 Å². The highest BCUT2D eigenvalue weighted by atomic mass is 16.5. The molecule has 1 rings (SSSR count). The van der Waals surface area contributed by atoms with E-state index in [2.05, 4.69) is 19.2 Å². The SMILES string of the molecule is CCC(CC)(CO)NCC1CCCCO1. The molecule has 0 aromatic heterocycles. The predicted octanol–water partition coefficient (Wildman–Crippen LogP) is 1.70. The number of rotatable bonds is 6. The van der Waals surface area contributed by atoms with Gasteiger partial charge < -0.3 is 15.2 Å². The molecule has 1 saturated heterocycles. The molecule has 3 heteroatoms. The predicted molar refractivity (Wildman–Crippen MR) is 62.0 cm³/mol. The van der Waals surface area contributed by atoms with E-state index in [0.29, 0.717) is 6.10 Å². The second-order valence-corrected chi connectivity index (χ2v) is 4.52. The van der Waals surface area contributed by atoms with Gasteiger partial charge in [0.05, 0.1) is 12.7 Å². The zero-order valence-electron chi connectivity index (χ0n) is 10.1. The lowest BCUT2D eigenvalue weighted by molar-refractivity contribution is 0.00798. The third-order valence-electron chi connectivity index (χ3n) is 3.63. The molecule has 2 N–H and O–H groups in total. The second-order valence-electron chi connectivity index (χ2n) is 4.52. The van der Waals surface area contributed by atoms with Crippen molar-refractivity contribution in [2.45, 2.75) is 57.6 Å². The molecular weight excluding hydrogens is 190 g/mol. The van der Waals surface area contributed by atoms with Gasteiger partial charge in [0, 0.05) is 18.7 Å². The van der Waals surface area contributed by atoms with E-state index < -0.39 is 0 Å². The van der Waals surface area contributed by atoms with Crippen molar-refractivity contribution < 1.29 is 9.84 Å². The number of ether oxygens (including phenoxy) is 1. The van der Waals surface area contributed by atoms with E-state index in [0.717, 1.165) is 32.4 Å². The van der Waals surface area contributed by atoms with Gasteiger partial charge in [0.2, 0.25) is 0 Å². The van der Waals surface area contributed by atoms with Gasteiger partial charge in [-0.15, -0.1) is 0 Å². The molecule has 0 aromatic carbocycles. The largest absolute Gasteiger partial charge is 0.394 e. The Balaban J connectivity index is 2.31. The van der Waals surface area contributed by atoms with Crippen molar-refractivity contribution in [1.82, 2.24) is 5.32 Å². The Hall–Kier alpha value is -0.120. The molecular formula is C12H25NO2. The lowest BCUT2D eigenvalue weighted by Crippen LogP contribution is -2.50. The normalized spacial score (nSPS) is 23.0. The third kappa shape index (κ3) is 3.74. The molecule has 0 aromatic rings. The van der Waals surface area contributed by atoms with Gasteiger partial charge in [-0.1, -0.05) is 13.8 Å². The zero-order valence-corrected chi connectivity index (χ0v) is 10.1. The van der Waals surface area contributed by atoms with Crippen LogP contribution in [0.5, 0.6) is 0 Å². The molecule has 1 atom stereocenters. The summed E-state index contributed by atoms with van der Waals surface area (Å²) in [5, 5.41) is 12.9. The second kappa shape index (κ2) is 6.46. The molecule has 0 amide bonds. The number of hydrogen-bond acceptors (Lipinski definition) is 3. The summed E-state index contributed by atoms with van der Waals surface area (Å²) in [6.45, 7) is 6.23. The Morgan fingerprint density at radius 2 is 2.07 bits per heavy atom. The highest BCUT2D eigenvalue weighted by molar-refractivity contribution is 4.85. The number of nitrogens with one attached hydrogen (secondary N) is 1. The van der Waals surface area contributed by atoms with Gasteiger partial charge in [-0.2, -0.15) is 0 Å². The van der Waals surface area contributed by atoms with Gasteiger partial charge in [-0.05, 0) is 32.1 Å². The molecule has 3 nitrogen and oxygen atoms in total. The number of aliphatic hydroxyl groups excluding tert-OH is 1. The molecule has 1 unspecified atom stereocenters. The Kier molecular flexibility index (Phi) is 5.58. The van der Waals surface area contributed by atoms with Crippen LogP contribution in [0.25, 0.3) is 0 Å². The zero-order chi connectivity index (χ0) is 11.1. The van der Waals surface area contributed by atoms with E-state index >= 15 is 0 Å². The summed E-state index contributed by atoms with van der Waals surface area (Å²) < 4.78 is 5.66. The quantitative estimate of drug-likeness (QED) is 0.708. The Morgan fingerprint density at radius 3 is 2.53 bits per heavy atom. The van der Waals surface area contributed by atoms with Gasteiger partial charge >= 0.3 is 0 Å². The van der Waals surface area contributed by atoms with Crippen molar-refractivity contribution in [2.24, 2.45) is 0 Å². The summed E-state index contributed by atoms with van der Waals surface area (Å²) in [6.07, 6.45) is 5.91. The first-order valence-electron chi connectivity index (χ1n) is 6.24. The van der Waals surface area contributed by atoms with Crippen molar-refractivity contribution in [2.75, 3.05) is 19.8 Å². The summed E-state index contributed by atoms with van der Waals surface area (Å²) in [7, 11) is 0. The first kappa shape index (κ1) is 12.9. The Bertz CT molecular complexity index is 155. The van der Waals surface area contributed by atoms with Crippen LogP contribution in [0.2, 0.25) is 0 Å². The van der Waals surface area contributed by atoms with Crippen LogP contribution in [0.1, 0.15) is 46.0 Å². The maximum atomic E-state index is 9.40. The molecule has 1 aliphatic rings. The lowest BCUT2D eigenvalue weighted by atomic mass is 9.93. The minimum Gasteiger partial charge on any atom is -0.394 e. The average Bonchev–Trinajstić information content (AvgIpc) is 2.33. The van der Waals surface area contributed by atoms with Crippen LogP contribution in [0, 0.1) is 0 Å². The number of aliphatic hydroxyl groups is 1. The fourth-order valence-electron chi connectivity index (χ4n) is 2.08. The summed E-state index contributed by atoms with van der Waals surface area (Å²) in [4.78, 5) is 0. The van der Waals surface area contributed by atoms with Crippen molar-refractivity contribution >= 4 is 0 Å². The summed E-state index contributed by atoms with van der Waals surface area (Å²) >= 11 is 0. The van der Waals surface area contributed by atoms with E-state index in [-0.39, 0.29) is 12.1 Å². The van der Waals surface area contributed by atoms with Crippen molar-refractivity contribution in [3.63, 3.8) is 0 Å². The standard InChI is InChI=1S/C12H25NO2/c1-3-12(4-2,10-14)13-9-11-7-5-6-8-15-11/h11,13-14H,3-10H2,1-2H3. The van der Waals surface area contributed by atoms with E-state index in [1.54, 1.807) is 0 Å². The molecule has 15 heavy (non-hydrogen) atoms. The van der Waals surface area contributed by atoms with E-state index in [1.807, 2.05) is 0 Å². The molecule has 1 aliphatic heterocycles. The van der Waals surface area contributed by atoms with Crippen molar-refractivity contribution in [3.05, 3.63) is 0 Å². The van der Waals surface area contributed by atoms with Crippen molar-refractivity contribution in [3.8, 4) is 0 Å². The first-order chi connectivity index (χ1) is 7.26. The molecule has 1 fully saturated rings. The third-order valence-corrected chi connectivity index (χ3v) is 3.63. The van der Waals surface area contributed by atoms with Gasteiger partial charge in [0.15, 0.2) is 0 Å². The van der Waals surface area contributed by atoms with Crippen LogP contribution in [0.3, 0.4) is 0 Å². The fourth-order valence-corrected chi connectivity index (χ4v) is 2.08. The first-order valence-corrected chi connectivity index (χ1v) is 6.24. The fraction of sp³-hybridized carbons (Fsp3) is 1.00. The maximum absolute atomic E-state index is 9.40. The van der Waals surface area contributed by atoms with Crippen LogP contribution in [0.4, 0.5) is 0 Å². The molecule has 0 bridgehead atoms. The van der Waals surface area contributed by atoms with Gasteiger partial charge in [0.25, 0.3) is 0 Å². The van der Waals surface area contributed by atoms with E-state index in [4.69, 9.17) is 4.74 Å². The van der Waals surface area contributed by atoms with Gasteiger partial charge in [-0.3, -0.25) is 0 Å². The van der Waals surface area contributed by atoms with Crippen LogP contribution < -0.4 is 5.32 Å². The summed E-state index contributed by atoms with van der Waals surface area (Å²) in [5.74, 6) is 0. The highest BCUT2D eigenvalue weighted by Gasteiger charge is 2.26. The molecule has 0 spiro atoms. The molecule has 0 aliphatic carbocycles. The molecule has 1 heterocycles. The van der Waals surface area contributed by atoms with Crippen LogP contribution in [-0.2, 0) is 4.74 Å². The minimum atomic E-state index is -0.0964. The molecule has 90 valence electrons.